The molecular weight excluding hydrogens is 362 g/mol. The first kappa shape index (κ1) is 19.2. The van der Waals surface area contributed by atoms with Crippen LogP contribution in [0.5, 0.6) is 11.5 Å². The monoisotopic (exact) mass is 383 g/mol. The minimum absolute atomic E-state index is 0.00644. The SMILES string of the molecule is COc1ccc([C@]2(C)NC(=O)N(NC(=O)Cc3cccc(OC)c3)C2=O)cc1. The van der Waals surface area contributed by atoms with Crippen LogP contribution < -0.4 is 20.2 Å². The van der Waals surface area contributed by atoms with Crippen molar-refractivity contribution in [3.05, 3.63) is 59.7 Å². The van der Waals surface area contributed by atoms with E-state index >= 15 is 0 Å². The van der Waals surface area contributed by atoms with Crippen LogP contribution in [0.3, 0.4) is 0 Å². The molecule has 2 aromatic rings. The Hall–Kier alpha value is -3.55. The highest BCUT2D eigenvalue weighted by atomic mass is 16.5. The van der Waals surface area contributed by atoms with Gasteiger partial charge in [0.2, 0.25) is 5.91 Å². The fourth-order valence-electron chi connectivity index (χ4n) is 2.99. The molecule has 0 unspecified atom stereocenters. The van der Waals surface area contributed by atoms with Crippen molar-refractivity contribution in [2.45, 2.75) is 18.9 Å². The topological polar surface area (TPSA) is 97.0 Å². The van der Waals surface area contributed by atoms with Gasteiger partial charge in [-0.2, -0.15) is 5.01 Å². The first-order chi connectivity index (χ1) is 13.4. The highest BCUT2D eigenvalue weighted by Gasteiger charge is 2.50. The molecule has 0 spiro atoms. The Morgan fingerprint density at radius 2 is 1.75 bits per heavy atom. The maximum atomic E-state index is 12.9. The van der Waals surface area contributed by atoms with Crippen molar-refractivity contribution in [3.8, 4) is 11.5 Å². The number of nitrogens with one attached hydrogen (secondary N) is 2. The van der Waals surface area contributed by atoms with E-state index in [9.17, 15) is 14.4 Å². The van der Waals surface area contributed by atoms with E-state index in [1.807, 2.05) is 0 Å². The zero-order chi connectivity index (χ0) is 20.3. The summed E-state index contributed by atoms with van der Waals surface area (Å²) in [7, 11) is 3.07. The zero-order valence-electron chi connectivity index (χ0n) is 15.8. The lowest BCUT2D eigenvalue weighted by molar-refractivity contribution is -0.138. The van der Waals surface area contributed by atoms with Gasteiger partial charge in [-0.1, -0.05) is 24.3 Å². The maximum Gasteiger partial charge on any atom is 0.344 e. The van der Waals surface area contributed by atoms with Crippen LogP contribution in [0.25, 0.3) is 0 Å². The predicted octanol–water partition coefficient (Wildman–Crippen LogP) is 1.74. The molecule has 1 aliphatic rings. The zero-order valence-corrected chi connectivity index (χ0v) is 15.8. The molecule has 8 nitrogen and oxygen atoms in total. The Morgan fingerprint density at radius 1 is 1.07 bits per heavy atom. The average molecular weight is 383 g/mol. The van der Waals surface area contributed by atoms with Crippen molar-refractivity contribution >= 4 is 17.8 Å². The molecule has 4 amide bonds. The van der Waals surface area contributed by atoms with Crippen molar-refractivity contribution in [2.75, 3.05) is 14.2 Å². The third-order valence-corrected chi connectivity index (χ3v) is 4.59. The van der Waals surface area contributed by atoms with Crippen LogP contribution in [-0.2, 0) is 21.5 Å². The van der Waals surface area contributed by atoms with Gasteiger partial charge in [0.05, 0.1) is 20.6 Å². The number of hydrogen-bond acceptors (Lipinski definition) is 5. The van der Waals surface area contributed by atoms with Gasteiger partial charge in [0, 0.05) is 0 Å². The van der Waals surface area contributed by atoms with Crippen LogP contribution in [0.15, 0.2) is 48.5 Å². The van der Waals surface area contributed by atoms with Gasteiger partial charge in [-0.3, -0.25) is 15.0 Å². The van der Waals surface area contributed by atoms with E-state index in [4.69, 9.17) is 9.47 Å². The standard InChI is InChI=1S/C20H21N3O5/c1-20(14-7-9-15(27-2)10-8-14)18(25)23(19(26)21-20)22-17(24)12-13-5-4-6-16(11-13)28-3/h4-11H,12H2,1-3H3,(H,21,26)(H,22,24)/t20-/m0/s1. The van der Waals surface area contributed by atoms with Gasteiger partial charge < -0.3 is 14.8 Å². The number of hydrogen-bond donors (Lipinski definition) is 2. The van der Waals surface area contributed by atoms with Gasteiger partial charge in [-0.15, -0.1) is 0 Å². The van der Waals surface area contributed by atoms with Crippen molar-refractivity contribution < 1.29 is 23.9 Å². The molecule has 0 aromatic heterocycles. The van der Waals surface area contributed by atoms with Crippen LogP contribution in [0, 0.1) is 0 Å². The second kappa shape index (κ2) is 7.59. The fourth-order valence-corrected chi connectivity index (χ4v) is 2.99. The van der Waals surface area contributed by atoms with E-state index in [2.05, 4.69) is 10.7 Å². The molecule has 0 aliphatic carbocycles. The van der Waals surface area contributed by atoms with Gasteiger partial charge >= 0.3 is 6.03 Å². The van der Waals surface area contributed by atoms with Gasteiger partial charge in [-0.25, -0.2) is 4.79 Å². The van der Waals surface area contributed by atoms with E-state index in [1.165, 1.54) is 7.11 Å². The first-order valence-corrected chi connectivity index (χ1v) is 8.61. The minimum atomic E-state index is -1.29. The number of hydrazine groups is 1. The van der Waals surface area contributed by atoms with E-state index in [0.717, 1.165) is 0 Å². The molecule has 1 atom stereocenters. The molecule has 0 saturated carbocycles. The number of carbonyl (C=O) groups is 3. The summed E-state index contributed by atoms with van der Waals surface area (Å²) < 4.78 is 10.2. The van der Waals surface area contributed by atoms with E-state index in [-0.39, 0.29) is 6.42 Å². The molecule has 2 aromatic carbocycles. The number of nitrogens with zero attached hydrogens (tertiary/aromatic N) is 1. The number of rotatable bonds is 6. The second-order valence-corrected chi connectivity index (χ2v) is 6.49. The fraction of sp³-hybridized carbons (Fsp3) is 0.250. The maximum absolute atomic E-state index is 12.9. The number of benzene rings is 2. The van der Waals surface area contributed by atoms with Gasteiger partial charge in [0.25, 0.3) is 5.91 Å². The van der Waals surface area contributed by atoms with Crippen LogP contribution >= 0.6 is 0 Å². The normalized spacial score (nSPS) is 18.6. The molecule has 1 fully saturated rings. The molecule has 1 aliphatic heterocycles. The smallest absolute Gasteiger partial charge is 0.344 e. The number of carbonyl (C=O) groups excluding carboxylic acids is 3. The highest BCUT2D eigenvalue weighted by Crippen LogP contribution is 2.29. The number of urea groups is 1. The summed E-state index contributed by atoms with van der Waals surface area (Å²) in [4.78, 5) is 37.5. The van der Waals surface area contributed by atoms with E-state index in [1.54, 1.807) is 62.6 Å². The molecule has 1 heterocycles. The summed E-state index contributed by atoms with van der Waals surface area (Å²) in [6, 6.07) is 13.1. The quantitative estimate of drug-likeness (QED) is 0.741. The summed E-state index contributed by atoms with van der Waals surface area (Å²) >= 11 is 0. The minimum Gasteiger partial charge on any atom is -0.497 e. The third-order valence-electron chi connectivity index (χ3n) is 4.59. The molecule has 2 N–H and O–H groups in total. The molecule has 3 rings (SSSR count). The van der Waals surface area contributed by atoms with Crippen molar-refractivity contribution in [1.29, 1.82) is 0 Å². The third kappa shape index (κ3) is 3.62. The average Bonchev–Trinajstić information content (AvgIpc) is 2.92. The van der Waals surface area contributed by atoms with Gasteiger partial charge in [-0.05, 0) is 42.3 Å². The van der Waals surface area contributed by atoms with Crippen LogP contribution in [0.2, 0.25) is 0 Å². The summed E-state index contributed by atoms with van der Waals surface area (Å²) in [5, 5.41) is 3.35. The van der Waals surface area contributed by atoms with Crippen LogP contribution in [-0.4, -0.2) is 37.1 Å². The second-order valence-electron chi connectivity index (χ2n) is 6.49. The Kier molecular flexibility index (Phi) is 5.21. The van der Waals surface area contributed by atoms with Gasteiger partial charge in [0.1, 0.15) is 17.0 Å². The van der Waals surface area contributed by atoms with Crippen molar-refractivity contribution in [3.63, 3.8) is 0 Å². The van der Waals surface area contributed by atoms with Crippen molar-refractivity contribution in [1.82, 2.24) is 15.8 Å². The molecule has 0 radical (unpaired) electrons. The summed E-state index contributed by atoms with van der Waals surface area (Å²) in [6.45, 7) is 1.59. The lowest BCUT2D eigenvalue weighted by Gasteiger charge is -2.22. The number of methoxy groups -OCH3 is 2. The van der Waals surface area contributed by atoms with E-state index < -0.39 is 23.4 Å². The molecule has 28 heavy (non-hydrogen) atoms. The first-order valence-electron chi connectivity index (χ1n) is 8.61. The lowest BCUT2D eigenvalue weighted by Crippen LogP contribution is -2.48. The highest BCUT2D eigenvalue weighted by molar-refractivity contribution is 6.08. The molecule has 146 valence electrons. The Bertz CT molecular complexity index is 912. The summed E-state index contributed by atoms with van der Waals surface area (Å²) in [5.74, 6) is 0.192. The van der Waals surface area contributed by atoms with Gasteiger partial charge in [0.15, 0.2) is 0 Å². The van der Waals surface area contributed by atoms with Crippen LogP contribution in [0.4, 0.5) is 4.79 Å². The van der Waals surface area contributed by atoms with Crippen molar-refractivity contribution in [2.24, 2.45) is 0 Å². The predicted molar refractivity (Wildman–Crippen MR) is 101 cm³/mol. The molecule has 1 saturated heterocycles. The number of imide groups is 1. The Labute approximate surface area is 162 Å². The Balaban J connectivity index is 1.73. The molecular formula is C20H21N3O5. The Morgan fingerprint density at radius 3 is 2.39 bits per heavy atom. The lowest BCUT2D eigenvalue weighted by atomic mass is 9.92. The number of ether oxygens (including phenoxy) is 2. The van der Waals surface area contributed by atoms with E-state index in [0.29, 0.717) is 27.6 Å². The summed E-state index contributed by atoms with van der Waals surface area (Å²) in [6.07, 6.45) is -0.00644. The molecule has 0 bridgehead atoms. The largest absolute Gasteiger partial charge is 0.497 e. The van der Waals surface area contributed by atoms with Crippen LogP contribution in [0.1, 0.15) is 18.1 Å². The molecule has 8 heteroatoms. The number of amides is 4. The summed E-state index contributed by atoms with van der Waals surface area (Å²) in [5.41, 5.74) is 2.37.